The second-order valence-electron chi connectivity index (χ2n) is 30.5. The van der Waals surface area contributed by atoms with Gasteiger partial charge in [0, 0.05) is 12.8 Å². The third-order valence-electron chi connectivity index (χ3n) is 19.2. The predicted molar refractivity (Wildman–Crippen MR) is 452 cm³/mol. The van der Waals surface area contributed by atoms with Crippen LogP contribution in [-0.4, -0.2) is 70.0 Å². The number of nitrogens with zero attached hydrogens (tertiary/aromatic N) is 1. The lowest BCUT2D eigenvalue weighted by Gasteiger charge is -2.28. The van der Waals surface area contributed by atoms with E-state index < -0.39 is 26.5 Å². The van der Waals surface area contributed by atoms with E-state index in [0.717, 1.165) is 109 Å². The van der Waals surface area contributed by atoms with Gasteiger partial charge in [0.05, 0.1) is 27.7 Å². The number of hydrogen-bond acceptors (Lipinski definition) is 8. The van der Waals surface area contributed by atoms with Crippen LogP contribution in [0.25, 0.3) is 0 Å². The lowest BCUT2D eigenvalue weighted by atomic mass is 10.0. The number of carbonyl (C=O) groups is 2. The third kappa shape index (κ3) is 87.1. The van der Waals surface area contributed by atoms with Crippen molar-refractivity contribution in [2.24, 2.45) is 0 Å². The first-order chi connectivity index (χ1) is 51.0. The van der Waals surface area contributed by atoms with Crippen molar-refractivity contribution in [3.8, 4) is 0 Å². The van der Waals surface area contributed by atoms with E-state index >= 15 is 0 Å². The van der Waals surface area contributed by atoms with Crippen LogP contribution in [0.1, 0.15) is 399 Å². The van der Waals surface area contributed by atoms with Crippen LogP contribution in [0.15, 0.2) is 134 Å². The number of likely N-dealkylation sites (N-methyl/N-ethyl adjacent to an activating group) is 1. The molecule has 104 heavy (non-hydrogen) atoms. The number of rotatable bonds is 81. The van der Waals surface area contributed by atoms with Gasteiger partial charge in [-0.1, -0.05) is 404 Å². The second kappa shape index (κ2) is 83.2. The fourth-order valence-corrected chi connectivity index (χ4v) is 13.2. The smallest absolute Gasteiger partial charge is 0.306 e. The summed E-state index contributed by atoms with van der Waals surface area (Å²) in [4.78, 5) is 38.2. The summed E-state index contributed by atoms with van der Waals surface area (Å²) in [6, 6.07) is 0. The van der Waals surface area contributed by atoms with Crippen LogP contribution in [0, 0.1) is 0 Å². The monoisotopic (exact) mass is 1470 g/mol. The van der Waals surface area contributed by atoms with Crippen LogP contribution in [0.2, 0.25) is 0 Å². The molecule has 0 N–H and O–H groups in total. The molecule has 0 heterocycles. The Kier molecular flexibility index (Phi) is 80.1. The molecule has 10 heteroatoms. The van der Waals surface area contributed by atoms with Crippen LogP contribution < -0.4 is 4.89 Å². The number of quaternary nitrogens is 1. The molecule has 0 spiro atoms. The molecular weight excluding hydrogens is 1300 g/mol. The zero-order chi connectivity index (χ0) is 75.4. The van der Waals surface area contributed by atoms with Crippen molar-refractivity contribution in [2.75, 3.05) is 47.5 Å². The summed E-state index contributed by atoms with van der Waals surface area (Å²) in [6.45, 7) is 4.15. The van der Waals surface area contributed by atoms with Gasteiger partial charge in [-0.2, -0.15) is 0 Å². The second-order valence-corrected chi connectivity index (χ2v) is 31.9. The molecule has 0 fully saturated rings. The zero-order valence-electron chi connectivity index (χ0n) is 68.7. The maximum atomic E-state index is 12.9. The van der Waals surface area contributed by atoms with Gasteiger partial charge >= 0.3 is 11.9 Å². The molecule has 0 aromatic rings. The van der Waals surface area contributed by atoms with E-state index in [1.807, 2.05) is 21.1 Å². The molecule has 0 saturated heterocycles. The quantitative estimate of drug-likeness (QED) is 0.0195. The predicted octanol–water partition coefficient (Wildman–Crippen LogP) is 29.2. The Morgan fingerprint density at radius 1 is 0.308 bits per heavy atom. The van der Waals surface area contributed by atoms with E-state index in [9.17, 15) is 19.0 Å². The minimum Gasteiger partial charge on any atom is -0.756 e. The molecule has 0 amide bonds. The van der Waals surface area contributed by atoms with Crippen molar-refractivity contribution >= 4 is 19.8 Å². The Labute approximate surface area is 644 Å². The maximum Gasteiger partial charge on any atom is 0.306 e. The summed E-state index contributed by atoms with van der Waals surface area (Å²) in [5, 5.41) is 0. The molecule has 2 atom stereocenters. The van der Waals surface area contributed by atoms with Gasteiger partial charge in [-0.25, -0.2) is 0 Å². The fraction of sp³-hybridized carbons (Fsp3) is 0.745. The first-order valence-electron chi connectivity index (χ1n) is 43.9. The van der Waals surface area contributed by atoms with E-state index in [-0.39, 0.29) is 32.0 Å². The van der Waals surface area contributed by atoms with Gasteiger partial charge in [0.25, 0.3) is 7.82 Å². The molecule has 600 valence electrons. The Bertz CT molecular complexity index is 2230. The summed E-state index contributed by atoms with van der Waals surface area (Å²) < 4.78 is 34.4. The highest BCUT2D eigenvalue weighted by Gasteiger charge is 2.22. The first-order valence-corrected chi connectivity index (χ1v) is 45.4. The Morgan fingerprint density at radius 3 is 0.827 bits per heavy atom. The molecule has 0 aromatic heterocycles. The minimum atomic E-state index is -4.66. The number of hydrogen-bond donors (Lipinski definition) is 0. The number of ether oxygens (including phenoxy) is 2. The molecular formula is C94H166NO8P. The Morgan fingerprint density at radius 2 is 0.548 bits per heavy atom. The van der Waals surface area contributed by atoms with Gasteiger partial charge in [-0.3, -0.25) is 14.2 Å². The molecule has 0 aromatic carbocycles. The van der Waals surface area contributed by atoms with Gasteiger partial charge in [-0.05, 0) is 116 Å². The number of esters is 2. The van der Waals surface area contributed by atoms with Crippen LogP contribution in [0.5, 0.6) is 0 Å². The lowest BCUT2D eigenvalue weighted by Crippen LogP contribution is -2.37. The fourth-order valence-electron chi connectivity index (χ4n) is 12.5. The van der Waals surface area contributed by atoms with E-state index in [1.165, 1.54) is 257 Å². The third-order valence-corrected chi connectivity index (χ3v) is 20.1. The van der Waals surface area contributed by atoms with Crippen LogP contribution in [0.4, 0.5) is 0 Å². The van der Waals surface area contributed by atoms with Gasteiger partial charge in [0.2, 0.25) is 0 Å². The average molecular weight is 1470 g/mol. The normalized spacial score (nSPS) is 13.6. The number of phosphoric acid groups is 1. The number of phosphoric ester groups is 1. The van der Waals surface area contributed by atoms with E-state index in [1.54, 1.807) is 0 Å². The molecule has 0 rings (SSSR count). The highest BCUT2D eigenvalue weighted by Crippen LogP contribution is 2.38. The maximum absolute atomic E-state index is 12.9. The topological polar surface area (TPSA) is 111 Å². The van der Waals surface area contributed by atoms with Crippen molar-refractivity contribution in [3.05, 3.63) is 134 Å². The first kappa shape index (κ1) is 100. The molecule has 0 aliphatic rings. The zero-order valence-corrected chi connectivity index (χ0v) is 69.6. The highest BCUT2D eigenvalue weighted by molar-refractivity contribution is 7.45. The van der Waals surface area contributed by atoms with Crippen molar-refractivity contribution in [3.63, 3.8) is 0 Å². The van der Waals surface area contributed by atoms with E-state index in [0.29, 0.717) is 17.4 Å². The molecule has 2 unspecified atom stereocenters. The van der Waals surface area contributed by atoms with Crippen LogP contribution in [-0.2, 0) is 32.7 Å². The van der Waals surface area contributed by atoms with Gasteiger partial charge in [-0.15, -0.1) is 0 Å². The van der Waals surface area contributed by atoms with Crippen molar-refractivity contribution in [1.29, 1.82) is 0 Å². The lowest BCUT2D eigenvalue weighted by molar-refractivity contribution is -0.870. The summed E-state index contributed by atoms with van der Waals surface area (Å²) in [6.07, 6.45) is 122. The van der Waals surface area contributed by atoms with E-state index in [4.69, 9.17) is 18.5 Å². The average Bonchev–Trinajstić information content (AvgIpc) is 0.915. The highest BCUT2D eigenvalue weighted by atomic mass is 31.2. The number of carbonyl (C=O) groups excluding carboxylic acids is 2. The van der Waals surface area contributed by atoms with Crippen molar-refractivity contribution < 1.29 is 42.1 Å². The molecule has 0 bridgehead atoms. The standard InChI is InChI=1S/C94H166NO8P/c1-6-8-10-12-14-16-18-20-22-24-26-28-30-32-34-36-38-40-42-44-46-47-49-50-52-54-56-58-60-62-64-66-68-70-72-74-76-78-80-82-84-86-93(96)100-90-92(91-102-104(98,99)101-89-88-95(3,4)5)103-94(97)87-85-83-81-79-77-75-73-71-69-67-65-63-61-59-57-55-53-51-48-45-43-41-39-37-35-33-31-29-27-25-23-21-19-17-15-13-11-9-7-2/h9,11,15,17,21,23-24,26-27,29,33,35,39,41,45,48,53,55,59,61,65,67,92H,6-8,10,12-14,16,18-20,22,25,28,30-32,34,36-38,40,42-44,46-47,49-52,54,56-58,60,62-64,66,68-91H2,1-5H3/b11-9-,17-15-,23-21-,26-24-,29-27-,35-33-,41-39-,48-45-,55-53-,61-59-,67-65-. The van der Waals surface area contributed by atoms with E-state index in [2.05, 4.69) is 148 Å². The molecule has 0 aliphatic carbocycles. The molecule has 9 nitrogen and oxygen atoms in total. The molecule has 0 aliphatic heterocycles. The van der Waals surface area contributed by atoms with Crippen LogP contribution >= 0.6 is 7.82 Å². The molecule has 0 saturated carbocycles. The Hall–Kier alpha value is -3.85. The summed E-state index contributed by atoms with van der Waals surface area (Å²) >= 11 is 0. The van der Waals surface area contributed by atoms with Crippen molar-refractivity contribution in [1.82, 2.24) is 0 Å². The minimum absolute atomic E-state index is 0.0366. The Balaban J connectivity index is 3.95. The van der Waals surface area contributed by atoms with Gasteiger partial charge in [0.15, 0.2) is 6.10 Å². The largest absolute Gasteiger partial charge is 0.756 e. The van der Waals surface area contributed by atoms with Gasteiger partial charge in [0.1, 0.15) is 19.8 Å². The summed E-state index contributed by atoms with van der Waals surface area (Å²) in [5.41, 5.74) is 0. The summed E-state index contributed by atoms with van der Waals surface area (Å²) in [5.74, 6) is -0.834. The SMILES string of the molecule is CC/C=C\C/C=C\C/C=C\C/C=C\C/C=C\C/C=C\C/C=C\C/C=C\C/C=C\C/C=C\CCCCCCCCCCC(=O)OC(COC(=O)CCCCCCCCCCCCCCCCCCCCCCCCCCCCCCC/C=C\CCCCCCCCCC)COP(=O)([O-])OCC[N+](C)(C)C. The number of allylic oxidation sites excluding steroid dienone is 22. The number of unbranched alkanes of at least 4 members (excludes halogenated alkanes) is 45. The van der Waals surface area contributed by atoms with Crippen LogP contribution in [0.3, 0.4) is 0 Å². The summed E-state index contributed by atoms with van der Waals surface area (Å²) in [7, 11) is 1.16. The molecule has 0 radical (unpaired) electrons. The van der Waals surface area contributed by atoms with Crippen molar-refractivity contribution in [2.45, 2.75) is 405 Å². The van der Waals surface area contributed by atoms with Gasteiger partial charge < -0.3 is 27.9 Å².